The van der Waals surface area contributed by atoms with Crippen LogP contribution in [0.15, 0.2) is 12.4 Å². The SMILES string of the molecule is Cc1nn(CCCNC(=O)c2c(C(=O)O)cnn2C)cc1Cl. The molecule has 2 rings (SSSR count). The third kappa shape index (κ3) is 3.45. The molecule has 0 aliphatic carbocycles. The molecule has 0 aliphatic heterocycles. The van der Waals surface area contributed by atoms with E-state index in [0.29, 0.717) is 24.5 Å². The molecule has 0 atom stereocenters. The van der Waals surface area contributed by atoms with Crippen LogP contribution in [0, 0.1) is 6.92 Å². The Kier molecular flexibility index (Phi) is 4.81. The lowest BCUT2D eigenvalue weighted by Crippen LogP contribution is -2.28. The van der Waals surface area contributed by atoms with Crippen LogP contribution in [-0.4, -0.2) is 43.1 Å². The number of nitrogens with zero attached hydrogens (tertiary/aromatic N) is 4. The maximum Gasteiger partial charge on any atom is 0.339 e. The third-order valence-corrected chi connectivity index (χ3v) is 3.49. The van der Waals surface area contributed by atoms with Crippen molar-refractivity contribution in [2.75, 3.05) is 6.54 Å². The summed E-state index contributed by atoms with van der Waals surface area (Å²) in [5, 5.41) is 20.3. The summed E-state index contributed by atoms with van der Waals surface area (Å²) >= 11 is 5.91. The second-order valence-corrected chi connectivity index (χ2v) is 5.18. The predicted molar refractivity (Wildman–Crippen MR) is 79.1 cm³/mol. The molecule has 0 unspecified atom stereocenters. The first kappa shape index (κ1) is 16.0. The van der Waals surface area contributed by atoms with Gasteiger partial charge in [0.05, 0.1) is 16.9 Å². The molecule has 0 saturated carbocycles. The van der Waals surface area contributed by atoms with E-state index < -0.39 is 11.9 Å². The van der Waals surface area contributed by atoms with E-state index in [4.69, 9.17) is 16.7 Å². The normalized spacial score (nSPS) is 10.7. The standard InChI is InChI=1S/C13H16ClN5O3/c1-8-10(14)7-19(17-8)5-3-4-15-12(20)11-9(13(21)22)6-16-18(11)2/h6-7H,3-5H2,1-2H3,(H,15,20)(H,21,22). The highest BCUT2D eigenvalue weighted by molar-refractivity contribution is 6.31. The van der Waals surface area contributed by atoms with Gasteiger partial charge in [0.25, 0.3) is 5.91 Å². The number of carboxylic acids is 1. The van der Waals surface area contributed by atoms with E-state index in [1.165, 1.54) is 11.7 Å². The molecule has 2 aromatic heterocycles. The highest BCUT2D eigenvalue weighted by atomic mass is 35.5. The summed E-state index contributed by atoms with van der Waals surface area (Å²) in [5.74, 6) is -1.65. The van der Waals surface area contributed by atoms with Crippen molar-refractivity contribution >= 4 is 23.5 Å². The van der Waals surface area contributed by atoms with Crippen LogP contribution in [0.1, 0.15) is 33.0 Å². The number of nitrogens with one attached hydrogen (secondary N) is 1. The van der Waals surface area contributed by atoms with Crippen molar-refractivity contribution in [1.82, 2.24) is 24.9 Å². The maximum absolute atomic E-state index is 12.0. The second kappa shape index (κ2) is 6.61. The van der Waals surface area contributed by atoms with Gasteiger partial charge < -0.3 is 10.4 Å². The smallest absolute Gasteiger partial charge is 0.339 e. The molecule has 0 bridgehead atoms. The van der Waals surface area contributed by atoms with E-state index in [1.54, 1.807) is 10.9 Å². The number of carbonyl (C=O) groups excluding carboxylic acids is 1. The molecule has 9 heteroatoms. The van der Waals surface area contributed by atoms with Gasteiger partial charge in [-0.3, -0.25) is 14.2 Å². The summed E-state index contributed by atoms with van der Waals surface area (Å²) in [5.41, 5.74) is 0.673. The monoisotopic (exact) mass is 325 g/mol. The summed E-state index contributed by atoms with van der Waals surface area (Å²) in [6, 6.07) is 0. The zero-order valence-corrected chi connectivity index (χ0v) is 13.0. The molecule has 0 aliphatic rings. The van der Waals surface area contributed by atoms with Crippen LogP contribution < -0.4 is 5.32 Å². The van der Waals surface area contributed by atoms with Gasteiger partial charge in [0.1, 0.15) is 11.3 Å². The molecule has 0 spiro atoms. The first-order chi connectivity index (χ1) is 10.4. The predicted octanol–water partition coefficient (Wildman–Crippen LogP) is 1.10. The number of halogens is 1. The number of hydrogen-bond donors (Lipinski definition) is 2. The van der Waals surface area contributed by atoms with Gasteiger partial charge in [0.2, 0.25) is 0 Å². The van der Waals surface area contributed by atoms with Crippen molar-refractivity contribution in [3.05, 3.63) is 34.4 Å². The van der Waals surface area contributed by atoms with E-state index in [9.17, 15) is 9.59 Å². The lowest BCUT2D eigenvalue weighted by atomic mass is 10.2. The van der Waals surface area contributed by atoms with Crippen molar-refractivity contribution < 1.29 is 14.7 Å². The number of aromatic carboxylic acids is 1. The van der Waals surface area contributed by atoms with Gasteiger partial charge in [0, 0.05) is 26.3 Å². The van der Waals surface area contributed by atoms with Crippen molar-refractivity contribution in [2.45, 2.75) is 19.9 Å². The molecule has 22 heavy (non-hydrogen) atoms. The highest BCUT2D eigenvalue weighted by Crippen LogP contribution is 2.12. The van der Waals surface area contributed by atoms with Crippen molar-refractivity contribution in [3.63, 3.8) is 0 Å². The number of aromatic nitrogens is 4. The average molecular weight is 326 g/mol. The molecule has 118 valence electrons. The second-order valence-electron chi connectivity index (χ2n) is 4.77. The lowest BCUT2D eigenvalue weighted by Gasteiger charge is -2.06. The first-order valence-electron chi connectivity index (χ1n) is 6.63. The van der Waals surface area contributed by atoms with Crippen LogP contribution >= 0.6 is 11.6 Å². The van der Waals surface area contributed by atoms with Crippen LogP contribution in [0.4, 0.5) is 0 Å². The number of carboxylic acid groups (broad SMARTS) is 1. The van der Waals surface area contributed by atoms with Gasteiger partial charge in [-0.25, -0.2) is 4.79 Å². The summed E-state index contributed by atoms with van der Waals surface area (Å²) in [7, 11) is 1.52. The molecule has 2 N–H and O–H groups in total. The van der Waals surface area contributed by atoms with Crippen molar-refractivity contribution in [1.29, 1.82) is 0 Å². The Morgan fingerprint density at radius 1 is 1.45 bits per heavy atom. The van der Waals surface area contributed by atoms with Gasteiger partial charge in [-0.2, -0.15) is 10.2 Å². The van der Waals surface area contributed by atoms with Crippen LogP contribution in [0.5, 0.6) is 0 Å². The Morgan fingerprint density at radius 3 is 2.77 bits per heavy atom. The van der Waals surface area contributed by atoms with Crippen LogP contribution in [0.3, 0.4) is 0 Å². The van der Waals surface area contributed by atoms with Crippen LogP contribution in [0.25, 0.3) is 0 Å². The Balaban J connectivity index is 1.88. The Bertz CT molecular complexity index is 687. The minimum atomic E-state index is -1.18. The number of aryl methyl sites for hydroxylation is 3. The molecule has 2 heterocycles. The van der Waals surface area contributed by atoms with E-state index in [1.807, 2.05) is 6.92 Å². The zero-order chi connectivity index (χ0) is 16.3. The number of amides is 1. The van der Waals surface area contributed by atoms with E-state index in [2.05, 4.69) is 15.5 Å². The highest BCUT2D eigenvalue weighted by Gasteiger charge is 2.21. The van der Waals surface area contributed by atoms with E-state index in [-0.39, 0.29) is 11.3 Å². The molecule has 8 nitrogen and oxygen atoms in total. The van der Waals surface area contributed by atoms with Gasteiger partial charge in [-0.15, -0.1) is 0 Å². The van der Waals surface area contributed by atoms with Crippen LogP contribution in [0.2, 0.25) is 5.02 Å². The topological polar surface area (TPSA) is 102 Å². The van der Waals surface area contributed by atoms with Gasteiger partial charge in [0.15, 0.2) is 0 Å². The fourth-order valence-corrected chi connectivity index (χ4v) is 2.15. The molecule has 0 aromatic carbocycles. The Hall–Kier alpha value is -2.35. The van der Waals surface area contributed by atoms with Gasteiger partial charge in [-0.1, -0.05) is 11.6 Å². The first-order valence-corrected chi connectivity index (χ1v) is 7.01. The van der Waals surface area contributed by atoms with Gasteiger partial charge >= 0.3 is 5.97 Å². The fraction of sp³-hybridized carbons (Fsp3) is 0.385. The summed E-state index contributed by atoms with van der Waals surface area (Å²) in [4.78, 5) is 23.1. The molecular formula is C13H16ClN5O3. The zero-order valence-electron chi connectivity index (χ0n) is 12.2. The quantitative estimate of drug-likeness (QED) is 0.774. The van der Waals surface area contributed by atoms with E-state index in [0.717, 1.165) is 11.9 Å². The van der Waals surface area contributed by atoms with Crippen molar-refractivity contribution in [3.8, 4) is 0 Å². The molecule has 0 radical (unpaired) electrons. The molecule has 0 saturated heterocycles. The van der Waals surface area contributed by atoms with Crippen molar-refractivity contribution in [2.24, 2.45) is 7.05 Å². The molecular weight excluding hydrogens is 310 g/mol. The Labute approximate surface area is 131 Å². The largest absolute Gasteiger partial charge is 0.478 e. The molecule has 2 aromatic rings. The number of hydrogen-bond acceptors (Lipinski definition) is 4. The Morgan fingerprint density at radius 2 is 2.18 bits per heavy atom. The minimum absolute atomic E-state index is 0.0329. The summed E-state index contributed by atoms with van der Waals surface area (Å²) < 4.78 is 2.95. The molecule has 0 fully saturated rings. The number of carbonyl (C=O) groups is 2. The van der Waals surface area contributed by atoms with Crippen LogP contribution in [-0.2, 0) is 13.6 Å². The minimum Gasteiger partial charge on any atom is -0.478 e. The maximum atomic E-state index is 12.0. The van der Waals surface area contributed by atoms with E-state index >= 15 is 0 Å². The fourth-order valence-electron chi connectivity index (χ4n) is 2.00. The summed E-state index contributed by atoms with van der Waals surface area (Å²) in [6.07, 6.45) is 3.53. The summed E-state index contributed by atoms with van der Waals surface area (Å²) in [6.45, 7) is 2.81. The van der Waals surface area contributed by atoms with Gasteiger partial charge in [-0.05, 0) is 13.3 Å². The average Bonchev–Trinajstić information content (AvgIpc) is 2.98. The molecule has 1 amide bonds. The lowest BCUT2D eigenvalue weighted by molar-refractivity contribution is 0.0690. The third-order valence-electron chi connectivity index (χ3n) is 3.12. The number of rotatable bonds is 6.